The molecule has 0 fully saturated rings. The average molecular weight is 377 g/mol. The first-order valence-corrected chi connectivity index (χ1v) is 9.81. The van der Waals surface area contributed by atoms with E-state index in [0.717, 1.165) is 53.8 Å². The lowest BCUT2D eigenvalue weighted by Gasteiger charge is -2.27. The molecular weight excluding hydrogens is 358 g/mol. The number of rotatable bonds is 4. The standard InChI is InChI=1S/C20H19N5OS/c1-26-19-17(25-9-10-27-20(25)23-19)13-24-8-7-16-15(12-24)11-21-18(22-16)14-5-3-2-4-6-14/h2-6,9-11H,7-8,12-13H2,1H3. The minimum Gasteiger partial charge on any atom is -0.480 e. The maximum Gasteiger partial charge on any atom is 0.237 e. The van der Waals surface area contributed by atoms with Crippen LogP contribution in [0.4, 0.5) is 0 Å². The number of methoxy groups -OCH3 is 1. The molecule has 3 aromatic heterocycles. The molecule has 4 aromatic rings. The van der Waals surface area contributed by atoms with E-state index in [1.807, 2.05) is 24.4 Å². The number of hydrogen-bond donors (Lipinski definition) is 0. The van der Waals surface area contributed by atoms with Crippen LogP contribution in [0.25, 0.3) is 16.3 Å². The molecule has 0 aliphatic carbocycles. The van der Waals surface area contributed by atoms with E-state index in [-0.39, 0.29) is 0 Å². The molecule has 0 N–H and O–H groups in total. The zero-order valence-corrected chi connectivity index (χ0v) is 15.8. The molecule has 5 rings (SSSR count). The SMILES string of the molecule is COc1nc2sccn2c1CN1CCc2nc(-c3ccccc3)ncc2C1. The molecule has 0 amide bonds. The van der Waals surface area contributed by atoms with Crippen molar-refractivity contribution in [2.24, 2.45) is 0 Å². The van der Waals surface area contributed by atoms with Crippen molar-refractivity contribution in [2.45, 2.75) is 19.5 Å². The largest absolute Gasteiger partial charge is 0.480 e. The summed E-state index contributed by atoms with van der Waals surface area (Å²) in [6, 6.07) is 10.1. The van der Waals surface area contributed by atoms with Crippen molar-refractivity contribution in [3.63, 3.8) is 0 Å². The predicted octanol–water partition coefficient (Wildman–Crippen LogP) is 3.42. The van der Waals surface area contributed by atoms with Crippen LogP contribution in [-0.2, 0) is 19.5 Å². The second-order valence-corrected chi connectivity index (χ2v) is 7.49. The van der Waals surface area contributed by atoms with Gasteiger partial charge in [0.2, 0.25) is 5.88 Å². The molecule has 0 saturated carbocycles. The third-order valence-corrected chi connectivity index (χ3v) is 5.69. The Morgan fingerprint density at radius 3 is 2.93 bits per heavy atom. The maximum atomic E-state index is 5.49. The fraction of sp³-hybridized carbons (Fsp3) is 0.250. The summed E-state index contributed by atoms with van der Waals surface area (Å²) in [5, 5.41) is 2.05. The summed E-state index contributed by atoms with van der Waals surface area (Å²) in [6.45, 7) is 2.59. The van der Waals surface area contributed by atoms with Crippen LogP contribution >= 0.6 is 11.3 Å². The predicted molar refractivity (Wildman–Crippen MR) is 105 cm³/mol. The number of ether oxygens (including phenoxy) is 1. The van der Waals surface area contributed by atoms with Gasteiger partial charge in [-0.15, -0.1) is 11.3 Å². The van der Waals surface area contributed by atoms with Gasteiger partial charge in [-0.1, -0.05) is 30.3 Å². The van der Waals surface area contributed by atoms with Crippen LogP contribution in [0.1, 0.15) is 17.0 Å². The van der Waals surface area contributed by atoms with Gasteiger partial charge in [-0.3, -0.25) is 9.30 Å². The van der Waals surface area contributed by atoms with Crippen molar-refractivity contribution in [1.82, 2.24) is 24.3 Å². The molecule has 0 saturated heterocycles. The van der Waals surface area contributed by atoms with Crippen LogP contribution in [0.2, 0.25) is 0 Å². The zero-order valence-electron chi connectivity index (χ0n) is 15.0. The first kappa shape index (κ1) is 16.4. The highest BCUT2D eigenvalue weighted by atomic mass is 32.1. The highest BCUT2D eigenvalue weighted by Crippen LogP contribution is 2.27. The number of fused-ring (bicyclic) bond motifs is 2. The second-order valence-electron chi connectivity index (χ2n) is 6.62. The minimum atomic E-state index is 0.711. The molecule has 0 atom stereocenters. The Labute approximate surface area is 161 Å². The van der Waals surface area contributed by atoms with Gasteiger partial charge in [0.25, 0.3) is 0 Å². The van der Waals surface area contributed by atoms with Crippen LogP contribution in [0, 0.1) is 0 Å². The van der Waals surface area contributed by atoms with Crippen LogP contribution < -0.4 is 4.74 Å². The van der Waals surface area contributed by atoms with Gasteiger partial charge in [-0.25, -0.2) is 9.97 Å². The van der Waals surface area contributed by atoms with Crippen molar-refractivity contribution in [1.29, 1.82) is 0 Å². The summed E-state index contributed by atoms with van der Waals surface area (Å²) in [5.74, 6) is 1.52. The summed E-state index contributed by atoms with van der Waals surface area (Å²) in [4.78, 5) is 17.3. The van der Waals surface area contributed by atoms with Crippen molar-refractivity contribution >= 4 is 16.3 Å². The molecule has 7 heteroatoms. The Kier molecular flexibility index (Phi) is 4.10. The minimum absolute atomic E-state index is 0.711. The highest BCUT2D eigenvalue weighted by molar-refractivity contribution is 7.15. The van der Waals surface area contributed by atoms with E-state index in [1.165, 1.54) is 5.56 Å². The lowest BCUT2D eigenvalue weighted by molar-refractivity contribution is 0.235. The summed E-state index contributed by atoms with van der Waals surface area (Å²) in [5.41, 5.74) is 4.51. The number of nitrogens with zero attached hydrogens (tertiary/aromatic N) is 5. The van der Waals surface area contributed by atoms with E-state index in [0.29, 0.717) is 5.88 Å². The monoisotopic (exact) mass is 377 g/mol. The average Bonchev–Trinajstić information content (AvgIpc) is 3.30. The van der Waals surface area contributed by atoms with Gasteiger partial charge in [0, 0.05) is 55.0 Å². The van der Waals surface area contributed by atoms with E-state index in [4.69, 9.17) is 9.72 Å². The number of imidazole rings is 1. The zero-order chi connectivity index (χ0) is 18.2. The molecule has 6 nitrogen and oxygen atoms in total. The first-order valence-electron chi connectivity index (χ1n) is 8.93. The van der Waals surface area contributed by atoms with E-state index >= 15 is 0 Å². The van der Waals surface area contributed by atoms with Gasteiger partial charge in [0.15, 0.2) is 10.8 Å². The van der Waals surface area contributed by atoms with E-state index in [2.05, 4.69) is 43.0 Å². The first-order chi connectivity index (χ1) is 13.3. The van der Waals surface area contributed by atoms with Gasteiger partial charge in [-0.05, 0) is 0 Å². The summed E-state index contributed by atoms with van der Waals surface area (Å²) in [6.07, 6.45) is 4.95. The molecule has 0 spiro atoms. The van der Waals surface area contributed by atoms with Crippen molar-refractivity contribution < 1.29 is 4.74 Å². The number of thiazole rings is 1. The lowest BCUT2D eigenvalue weighted by atomic mass is 10.1. The second kappa shape index (κ2) is 6.75. The number of benzene rings is 1. The number of hydrogen-bond acceptors (Lipinski definition) is 6. The van der Waals surface area contributed by atoms with Gasteiger partial charge in [0.1, 0.15) is 5.69 Å². The van der Waals surface area contributed by atoms with Gasteiger partial charge >= 0.3 is 0 Å². The molecule has 0 bridgehead atoms. The third-order valence-electron chi connectivity index (χ3n) is 4.94. The molecule has 27 heavy (non-hydrogen) atoms. The van der Waals surface area contributed by atoms with Crippen LogP contribution in [0.5, 0.6) is 5.88 Å². The van der Waals surface area contributed by atoms with E-state index in [9.17, 15) is 0 Å². The molecule has 4 heterocycles. The topological polar surface area (TPSA) is 55.6 Å². The van der Waals surface area contributed by atoms with Crippen LogP contribution in [-0.4, -0.2) is 37.9 Å². The Bertz CT molecular complexity index is 1090. The molecule has 1 aromatic carbocycles. The van der Waals surface area contributed by atoms with Crippen molar-refractivity contribution in [3.05, 3.63) is 65.1 Å². The summed E-state index contributed by atoms with van der Waals surface area (Å²) >= 11 is 1.62. The fourth-order valence-electron chi connectivity index (χ4n) is 3.57. The third kappa shape index (κ3) is 2.98. The van der Waals surface area contributed by atoms with Gasteiger partial charge in [0.05, 0.1) is 12.8 Å². The Morgan fingerprint density at radius 2 is 2.07 bits per heavy atom. The normalized spacial score (nSPS) is 14.4. The fourth-order valence-corrected chi connectivity index (χ4v) is 4.29. The van der Waals surface area contributed by atoms with Gasteiger partial charge in [-0.2, -0.15) is 4.98 Å². The van der Waals surface area contributed by atoms with Crippen LogP contribution in [0.3, 0.4) is 0 Å². The van der Waals surface area contributed by atoms with Crippen LogP contribution in [0.15, 0.2) is 48.1 Å². The van der Waals surface area contributed by atoms with Crippen molar-refractivity contribution in [3.8, 4) is 17.3 Å². The molecule has 0 unspecified atom stereocenters. The quantitative estimate of drug-likeness (QED) is 0.545. The summed E-state index contributed by atoms with van der Waals surface area (Å²) in [7, 11) is 1.68. The Balaban J connectivity index is 1.39. The Hall–Kier alpha value is -2.77. The molecule has 1 aliphatic rings. The highest BCUT2D eigenvalue weighted by Gasteiger charge is 2.22. The smallest absolute Gasteiger partial charge is 0.237 e. The molecule has 0 radical (unpaired) electrons. The Morgan fingerprint density at radius 1 is 1.19 bits per heavy atom. The van der Waals surface area contributed by atoms with Crippen molar-refractivity contribution in [2.75, 3.05) is 13.7 Å². The van der Waals surface area contributed by atoms with E-state index < -0.39 is 0 Å². The van der Waals surface area contributed by atoms with Gasteiger partial charge < -0.3 is 4.74 Å². The molecular formula is C20H19N5OS. The molecule has 1 aliphatic heterocycles. The molecule has 136 valence electrons. The maximum absolute atomic E-state index is 5.49. The summed E-state index contributed by atoms with van der Waals surface area (Å²) < 4.78 is 7.61. The van der Waals surface area contributed by atoms with E-state index in [1.54, 1.807) is 18.4 Å². The lowest BCUT2D eigenvalue weighted by Crippen LogP contribution is -2.31. The number of aromatic nitrogens is 4.